The molecule has 0 bridgehead atoms. The lowest BCUT2D eigenvalue weighted by atomic mass is 10.0. The van der Waals surface area contributed by atoms with Crippen LogP contribution in [0.1, 0.15) is 36.8 Å². The number of para-hydroxylation sites is 1. The molecule has 27 heavy (non-hydrogen) atoms. The zero-order chi connectivity index (χ0) is 18.2. The Morgan fingerprint density at radius 1 is 1.07 bits per heavy atom. The highest BCUT2D eigenvalue weighted by molar-refractivity contribution is 5.35. The number of hydrogen-bond donors (Lipinski definition) is 1. The third-order valence-electron chi connectivity index (χ3n) is 5.56. The van der Waals surface area contributed by atoms with E-state index < -0.39 is 0 Å². The molecule has 0 radical (unpaired) electrons. The molecule has 1 saturated heterocycles. The van der Waals surface area contributed by atoms with E-state index in [-0.39, 0.29) is 12.4 Å². The van der Waals surface area contributed by atoms with E-state index in [0.29, 0.717) is 0 Å². The maximum absolute atomic E-state index is 6.13. The number of quaternary nitrogens is 1. The average Bonchev–Trinajstić information content (AvgIpc) is 3.09. The fourth-order valence-corrected chi connectivity index (χ4v) is 3.94. The van der Waals surface area contributed by atoms with Crippen molar-refractivity contribution in [1.82, 2.24) is 0 Å². The number of likely N-dealkylation sites (tertiary alicyclic amines) is 1. The molecule has 2 aromatic carbocycles. The summed E-state index contributed by atoms with van der Waals surface area (Å²) in [6, 6.07) is 17.6. The monoisotopic (exact) mass is 389 g/mol. The second-order valence-electron chi connectivity index (χ2n) is 7.39. The summed E-state index contributed by atoms with van der Waals surface area (Å²) in [5.74, 6) is 1.97. The minimum atomic E-state index is 0. The number of halogens is 1. The van der Waals surface area contributed by atoms with Crippen LogP contribution in [0.2, 0.25) is 0 Å². The number of ether oxygens (including phenoxy) is 2. The Labute approximate surface area is 170 Å². The van der Waals surface area contributed by atoms with Crippen molar-refractivity contribution in [3.63, 3.8) is 0 Å². The zero-order valence-corrected chi connectivity index (χ0v) is 17.3. The van der Waals surface area contributed by atoms with Gasteiger partial charge in [0, 0.05) is 19.3 Å². The number of rotatable bonds is 9. The third kappa shape index (κ3) is 6.44. The molecular formula is C23H32ClNO2. The maximum atomic E-state index is 6.13. The fourth-order valence-electron chi connectivity index (χ4n) is 3.94. The first kappa shape index (κ1) is 21.6. The Hall–Kier alpha value is -1.71. The summed E-state index contributed by atoms with van der Waals surface area (Å²) < 4.78 is 11.5. The molecule has 1 aliphatic heterocycles. The van der Waals surface area contributed by atoms with Crippen molar-refractivity contribution >= 4 is 0 Å². The first-order chi connectivity index (χ1) is 12.8. The highest BCUT2D eigenvalue weighted by Crippen LogP contribution is 2.22. The molecule has 2 aromatic rings. The zero-order valence-electron chi connectivity index (χ0n) is 16.5. The molecule has 148 valence electrons. The fraction of sp³-hybridized carbons (Fsp3) is 0.478. The van der Waals surface area contributed by atoms with E-state index >= 15 is 0 Å². The molecule has 3 rings (SSSR count). The van der Waals surface area contributed by atoms with E-state index in [4.69, 9.17) is 9.47 Å². The van der Waals surface area contributed by atoms with Gasteiger partial charge in [0.25, 0.3) is 0 Å². The summed E-state index contributed by atoms with van der Waals surface area (Å²) in [5.41, 5.74) is 2.59. The summed E-state index contributed by atoms with van der Waals surface area (Å²) in [7, 11) is 4.04. The van der Waals surface area contributed by atoms with Crippen molar-refractivity contribution < 1.29 is 26.8 Å². The van der Waals surface area contributed by atoms with Gasteiger partial charge in [-0.05, 0) is 48.6 Å². The van der Waals surface area contributed by atoms with Gasteiger partial charge in [-0.25, -0.2) is 0 Å². The van der Waals surface area contributed by atoms with E-state index in [1.165, 1.54) is 36.9 Å². The Balaban J connectivity index is 0.00000261. The first-order valence-corrected chi connectivity index (χ1v) is 9.92. The molecule has 4 heteroatoms. The van der Waals surface area contributed by atoms with Crippen molar-refractivity contribution in [3.8, 4) is 11.5 Å². The van der Waals surface area contributed by atoms with E-state index in [0.717, 1.165) is 43.4 Å². The summed E-state index contributed by atoms with van der Waals surface area (Å²) in [6.07, 6.45) is 7.16. The van der Waals surface area contributed by atoms with Crippen molar-refractivity contribution in [2.24, 2.45) is 0 Å². The molecule has 0 aliphatic carbocycles. The summed E-state index contributed by atoms with van der Waals surface area (Å²) >= 11 is 0. The molecule has 3 nitrogen and oxygen atoms in total. The minimum Gasteiger partial charge on any atom is -1.00 e. The van der Waals surface area contributed by atoms with Crippen molar-refractivity contribution in [1.29, 1.82) is 0 Å². The van der Waals surface area contributed by atoms with Gasteiger partial charge >= 0.3 is 0 Å². The van der Waals surface area contributed by atoms with Gasteiger partial charge in [0.2, 0.25) is 0 Å². The smallest absolute Gasteiger partial charge is 0.122 e. The van der Waals surface area contributed by atoms with Gasteiger partial charge in [0.05, 0.1) is 33.4 Å². The topological polar surface area (TPSA) is 22.9 Å². The summed E-state index contributed by atoms with van der Waals surface area (Å²) in [4.78, 5) is 1.70. The predicted octanol–water partition coefficient (Wildman–Crippen LogP) is 0.321. The number of methoxy groups -OCH3 is 1. The third-order valence-corrected chi connectivity index (χ3v) is 5.56. The van der Waals surface area contributed by atoms with Crippen LogP contribution in [-0.2, 0) is 12.8 Å². The van der Waals surface area contributed by atoms with Crippen molar-refractivity contribution in [3.05, 3.63) is 59.7 Å². The highest BCUT2D eigenvalue weighted by Gasteiger charge is 2.23. The van der Waals surface area contributed by atoms with Crippen LogP contribution in [0.4, 0.5) is 0 Å². The SMILES string of the molecule is COc1cccc(CCc2ccccc2OCCC[C@@H]2CCC[NH+]2C)c1.[Cl-]. The van der Waals surface area contributed by atoms with Crippen LogP contribution in [0.15, 0.2) is 48.5 Å². The van der Waals surface area contributed by atoms with Gasteiger partial charge in [-0.15, -0.1) is 0 Å². The lowest BCUT2D eigenvalue weighted by Gasteiger charge is -2.17. The maximum Gasteiger partial charge on any atom is 0.122 e. The Morgan fingerprint density at radius 3 is 2.70 bits per heavy atom. The standard InChI is InChI=1S/C23H31NO2.ClH/c1-24-16-6-10-21(24)11-7-17-26-23-13-4-3-9-20(23)15-14-19-8-5-12-22(18-19)25-2;/h3-5,8-9,12-13,18,21H,6-7,10-11,14-17H2,1-2H3;1H/t21-;/m0./s1. The molecule has 1 N–H and O–H groups in total. The molecule has 1 fully saturated rings. The lowest BCUT2D eigenvalue weighted by Crippen LogP contribution is -3.10. The van der Waals surface area contributed by atoms with Gasteiger partial charge in [0.15, 0.2) is 0 Å². The quantitative estimate of drug-likeness (QED) is 0.624. The lowest BCUT2D eigenvalue weighted by molar-refractivity contribution is -0.892. The van der Waals surface area contributed by atoms with Gasteiger partial charge in [0.1, 0.15) is 11.5 Å². The van der Waals surface area contributed by atoms with Gasteiger partial charge in [-0.3, -0.25) is 0 Å². The van der Waals surface area contributed by atoms with Crippen LogP contribution in [0.25, 0.3) is 0 Å². The average molecular weight is 390 g/mol. The Bertz CT molecular complexity index is 692. The van der Waals surface area contributed by atoms with Crippen molar-refractivity contribution in [2.75, 3.05) is 27.3 Å². The molecule has 1 aliphatic rings. The van der Waals surface area contributed by atoms with Crippen LogP contribution in [0.5, 0.6) is 11.5 Å². The van der Waals surface area contributed by atoms with E-state index in [2.05, 4.69) is 49.5 Å². The van der Waals surface area contributed by atoms with Crippen LogP contribution < -0.4 is 26.8 Å². The van der Waals surface area contributed by atoms with E-state index in [9.17, 15) is 0 Å². The van der Waals surface area contributed by atoms with Gasteiger partial charge < -0.3 is 26.8 Å². The highest BCUT2D eigenvalue weighted by atomic mass is 35.5. The van der Waals surface area contributed by atoms with E-state index in [1.807, 2.05) is 6.07 Å². The largest absolute Gasteiger partial charge is 1.00 e. The van der Waals surface area contributed by atoms with Crippen molar-refractivity contribution in [2.45, 2.75) is 44.6 Å². The summed E-state index contributed by atoms with van der Waals surface area (Å²) in [5, 5.41) is 0. The first-order valence-electron chi connectivity index (χ1n) is 9.92. The molecule has 0 aromatic heterocycles. The van der Waals surface area contributed by atoms with E-state index in [1.54, 1.807) is 12.0 Å². The number of nitrogens with one attached hydrogen (secondary N) is 1. The van der Waals surface area contributed by atoms with Gasteiger partial charge in [-0.1, -0.05) is 30.3 Å². The molecule has 1 heterocycles. The molecule has 0 spiro atoms. The minimum absolute atomic E-state index is 0. The predicted molar refractivity (Wildman–Crippen MR) is 106 cm³/mol. The molecule has 2 atom stereocenters. The number of aryl methyl sites for hydroxylation is 2. The molecular weight excluding hydrogens is 358 g/mol. The molecule has 0 saturated carbocycles. The van der Waals surface area contributed by atoms with Crippen LogP contribution in [0.3, 0.4) is 0 Å². The Morgan fingerprint density at radius 2 is 1.93 bits per heavy atom. The van der Waals surface area contributed by atoms with Crippen LogP contribution >= 0.6 is 0 Å². The number of benzene rings is 2. The second kappa shape index (κ2) is 11.2. The van der Waals surface area contributed by atoms with Crippen LogP contribution in [0, 0.1) is 0 Å². The normalized spacial score (nSPS) is 18.7. The number of hydrogen-bond acceptors (Lipinski definition) is 2. The Kier molecular flexibility index (Phi) is 8.96. The summed E-state index contributed by atoms with van der Waals surface area (Å²) in [6.45, 7) is 2.15. The van der Waals surface area contributed by atoms with Gasteiger partial charge in [-0.2, -0.15) is 0 Å². The molecule has 0 amide bonds. The molecule has 1 unspecified atom stereocenters. The second-order valence-corrected chi connectivity index (χ2v) is 7.39. The van der Waals surface area contributed by atoms with Crippen LogP contribution in [-0.4, -0.2) is 33.4 Å².